The molecule has 2 N–H and O–H groups in total. The third-order valence-corrected chi connectivity index (χ3v) is 8.24. The highest BCUT2D eigenvalue weighted by Gasteiger charge is 2.38. The first kappa shape index (κ1) is 26.5. The maximum absolute atomic E-state index is 13.5. The minimum atomic E-state index is -3.95. The second kappa shape index (κ2) is 10.2. The summed E-state index contributed by atoms with van der Waals surface area (Å²) in [6.07, 6.45) is 2.23. The van der Waals surface area contributed by atoms with Gasteiger partial charge in [-0.1, -0.05) is 18.8 Å². The number of aliphatic hydroxyl groups excluding tert-OH is 1. The lowest BCUT2D eigenvalue weighted by Crippen LogP contribution is -2.50. The Morgan fingerprint density at radius 1 is 1.35 bits per heavy atom. The summed E-state index contributed by atoms with van der Waals surface area (Å²) in [5.41, 5.74) is -0.699. The first-order valence-corrected chi connectivity index (χ1v) is 13.2. The first-order valence-electron chi connectivity index (χ1n) is 11.7. The fourth-order valence-corrected chi connectivity index (χ4v) is 5.67. The highest BCUT2D eigenvalue weighted by Crippen LogP contribution is 2.35. The number of hydrogen-bond acceptors (Lipinski definition) is 6. The molecule has 1 amide bonds. The molecule has 1 heterocycles. The Morgan fingerprint density at radius 2 is 2.03 bits per heavy atom. The molecule has 1 aromatic carbocycles. The van der Waals surface area contributed by atoms with Crippen molar-refractivity contribution in [2.24, 2.45) is 11.8 Å². The van der Waals surface area contributed by atoms with Gasteiger partial charge in [-0.2, -0.15) is 4.31 Å². The number of aliphatic hydroxyl groups is 2. The molecule has 3 atom stereocenters. The number of carbonyl (C=O) groups is 1. The largest absolute Gasteiger partial charge is 0.487 e. The van der Waals surface area contributed by atoms with E-state index in [-0.39, 0.29) is 35.6 Å². The second-order valence-corrected chi connectivity index (χ2v) is 12.0. The van der Waals surface area contributed by atoms with Crippen LogP contribution in [-0.4, -0.2) is 78.2 Å². The summed E-state index contributed by atoms with van der Waals surface area (Å²) >= 11 is 0. The number of likely N-dealkylation sites (N-methyl/N-ethyl adjacent to an activating group) is 1. The van der Waals surface area contributed by atoms with Crippen molar-refractivity contribution in [2.75, 3.05) is 26.7 Å². The van der Waals surface area contributed by atoms with Gasteiger partial charge in [-0.25, -0.2) is 8.42 Å². The Labute approximate surface area is 202 Å². The molecule has 34 heavy (non-hydrogen) atoms. The van der Waals surface area contributed by atoms with Crippen LogP contribution in [0.1, 0.15) is 52.5 Å². The quantitative estimate of drug-likeness (QED) is 0.587. The number of amides is 1. The van der Waals surface area contributed by atoms with Crippen molar-refractivity contribution in [3.63, 3.8) is 0 Å². The number of benzene rings is 1. The van der Waals surface area contributed by atoms with Gasteiger partial charge in [0.2, 0.25) is 15.9 Å². The van der Waals surface area contributed by atoms with Crippen LogP contribution in [0.25, 0.3) is 0 Å². The molecule has 1 aliphatic heterocycles. The van der Waals surface area contributed by atoms with E-state index in [1.807, 2.05) is 6.92 Å². The summed E-state index contributed by atoms with van der Waals surface area (Å²) < 4.78 is 34.6. The lowest BCUT2D eigenvalue weighted by molar-refractivity contribution is -0.131. The number of rotatable bonds is 6. The summed E-state index contributed by atoms with van der Waals surface area (Å²) in [5, 5.41) is 19.7. The van der Waals surface area contributed by atoms with Gasteiger partial charge in [0.05, 0.1) is 13.2 Å². The molecule has 0 saturated heterocycles. The lowest BCUT2D eigenvalue weighted by atomic mass is 10.0. The summed E-state index contributed by atoms with van der Waals surface area (Å²) in [6, 6.07) is 3.96. The maximum atomic E-state index is 13.5. The van der Waals surface area contributed by atoms with E-state index in [1.165, 1.54) is 10.4 Å². The topological polar surface area (TPSA) is 107 Å². The van der Waals surface area contributed by atoms with E-state index in [4.69, 9.17) is 4.74 Å². The van der Waals surface area contributed by atoms with Gasteiger partial charge >= 0.3 is 0 Å². The molecule has 0 unspecified atom stereocenters. The zero-order chi connectivity index (χ0) is 25.3. The van der Waals surface area contributed by atoms with Crippen LogP contribution in [0.2, 0.25) is 0 Å². The highest BCUT2D eigenvalue weighted by molar-refractivity contribution is 7.89. The maximum Gasteiger partial charge on any atom is 0.247 e. The van der Waals surface area contributed by atoms with E-state index in [0.29, 0.717) is 24.4 Å². The van der Waals surface area contributed by atoms with Gasteiger partial charge in [0.25, 0.3) is 0 Å². The number of carbonyl (C=O) groups excluding carboxylic acids is 1. The van der Waals surface area contributed by atoms with Crippen LogP contribution >= 0.6 is 0 Å². The molecular formula is C25H36N2O6S. The normalized spacial score (nSPS) is 23.4. The van der Waals surface area contributed by atoms with Gasteiger partial charge < -0.3 is 19.8 Å². The SMILES string of the molecule is C[C@@H]1CN([C@H](C)CO)S(=O)(=O)c2ccc(C#CC(C)(C)O)cc2O[C@H]1CN(C)C(=O)CC1CC1. The van der Waals surface area contributed by atoms with Gasteiger partial charge in [-0.15, -0.1) is 0 Å². The zero-order valence-electron chi connectivity index (χ0n) is 20.6. The smallest absolute Gasteiger partial charge is 0.247 e. The first-order chi connectivity index (χ1) is 15.8. The fraction of sp³-hybridized carbons (Fsp3) is 0.640. The Kier molecular flexibility index (Phi) is 7.98. The molecule has 2 aliphatic rings. The van der Waals surface area contributed by atoms with Gasteiger partial charge in [-0.05, 0) is 57.7 Å². The van der Waals surface area contributed by atoms with E-state index in [2.05, 4.69) is 11.8 Å². The molecule has 8 nitrogen and oxygen atoms in total. The van der Waals surface area contributed by atoms with Crippen molar-refractivity contribution in [2.45, 2.75) is 69.6 Å². The lowest BCUT2D eigenvalue weighted by Gasteiger charge is -2.37. The van der Waals surface area contributed by atoms with E-state index in [0.717, 1.165) is 12.8 Å². The van der Waals surface area contributed by atoms with E-state index < -0.39 is 27.8 Å². The Bertz CT molecular complexity index is 1070. The second-order valence-electron chi connectivity index (χ2n) is 10.1. The van der Waals surface area contributed by atoms with Crippen LogP contribution in [0.5, 0.6) is 5.75 Å². The third-order valence-electron chi connectivity index (χ3n) is 6.22. The average Bonchev–Trinajstić information content (AvgIpc) is 3.57. The molecule has 1 saturated carbocycles. The molecule has 0 aromatic heterocycles. The standard InChI is InChI=1S/C25H36N2O6S/c1-17-14-27(18(2)16-28)34(31,32)23-9-8-20(10-11-25(3,4)30)12-21(23)33-22(17)15-26(5)24(29)13-19-6-7-19/h8-9,12,17-19,22,28,30H,6-7,13-16H2,1-5H3/t17-,18-,22+/m1/s1. The Balaban J connectivity index is 2.00. The molecule has 0 radical (unpaired) electrons. The minimum Gasteiger partial charge on any atom is -0.487 e. The number of fused-ring (bicyclic) bond motifs is 1. The van der Waals surface area contributed by atoms with Crippen LogP contribution in [0.4, 0.5) is 0 Å². The number of nitrogens with zero attached hydrogens (tertiary/aromatic N) is 2. The van der Waals surface area contributed by atoms with Crippen molar-refractivity contribution in [1.82, 2.24) is 9.21 Å². The molecule has 3 rings (SSSR count). The van der Waals surface area contributed by atoms with Gasteiger partial charge in [-0.3, -0.25) is 4.79 Å². The zero-order valence-corrected chi connectivity index (χ0v) is 21.4. The molecule has 0 bridgehead atoms. The monoisotopic (exact) mass is 492 g/mol. The summed E-state index contributed by atoms with van der Waals surface area (Å²) in [5.74, 6) is 6.01. The number of hydrogen-bond donors (Lipinski definition) is 2. The Hall–Kier alpha value is -2.12. The van der Waals surface area contributed by atoms with E-state index in [9.17, 15) is 23.4 Å². The molecule has 188 valence electrons. The van der Waals surface area contributed by atoms with Crippen LogP contribution in [0.15, 0.2) is 23.1 Å². The van der Waals surface area contributed by atoms with Crippen LogP contribution in [0.3, 0.4) is 0 Å². The third kappa shape index (κ3) is 6.51. The van der Waals surface area contributed by atoms with Crippen molar-refractivity contribution in [3.8, 4) is 17.6 Å². The van der Waals surface area contributed by atoms with E-state index in [1.54, 1.807) is 44.9 Å². The molecular weight excluding hydrogens is 456 g/mol. The van der Waals surface area contributed by atoms with Crippen molar-refractivity contribution in [1.29, 1.82) is 0 Å². The summed E-state index contributed by atoms with van der Waals surface area (Å²) in [4.78, 5) is 14.3. The molecule has 1 aliphatic carbocycles. The fourth-order valence-electron chi connectivity index (χ4n) is 3.84. The molecule has 0 spiro atoms. The van der Waals surface area contributed by atoms with Crippen molar-refractivity contribution >= 4 is 15.9 Å². The van der Waals surface area contributed by atoms with Crippen LogP contribution in [-0.2, 0) is 14.8 Å². The summed E-state index contributed by atoms with van der Waals surface area (Å²) in [7, 11) is -2.21. The molecule has 1 aromatic rings. The van der Waals surface area contributed by atoms with Crippen molar-refractivity contribution in [3.05, 3.63) is 23.8 Å². The highest BCUT2D eigenvalue weighted by atomic mass is 32.2. The minimum absolute atomic E-state index is 0.00883. The molecule has 9 heteroatoms. The van der Waals surface area contributed by atoms with Gasteiger partial charge in [0, 0.05) is 37.5 Å². The van der Waals surface area contributed by atoms with Gasteiger partial charge in [0.1, 0.15) is 22.4 Å². The predicted octanol–water partition coefficient (Wildman–Crippen LogP) is 1.84. The predicted molar refractivity (Wildman–Crippen MR) is 129 cm³/mol. The summed E-state index contributed by atoms with van der Waals surface area (Å²) in [6.45, 7) is 6.83. The van der Waals surface area contributed by atoms with Crippen LogP contribution < -0.4 is 4.74 Å². The van der Waals surface area contributed by atoms with E-state index >= 15 is 0 Å². The molecule has 1 fully saturated rings. The number of sulfonamides is 1. The average molecular weight is 493 g/mol. The van der Waals surface area contributed by atoms with Crippen molar-refractivity contribution < 1.29 is 28.2 Å². The van der Waals surface area contributed by atoms with Gasteiger partial charge in [0.15, 0.2) is 0 Å². The Morgan fingerprint density at radius 3 is 2.62 bits per heavy atom. The van der Waals surface area contributed by atoms with Crippen LogP contribution in [0, 0.1) is 23.7 Å². The number of ether oxygens (including phenoxy) is 1.